The molecule has 0 radical (unpaired) electrons. The highest BCUT2D eigenvalue weighted by atomic mass is 16.5. The van der Waals surface area contributed by atoms with Crippen molar-refractivity contribution in [2.24, 2.45) is 5.92 Å². The molecule has 0 aromatic carbocycles. The SMILES string of the molecule is CCCCC(CC)COc1ccncc1CNCCC. The van der Waals surface area contributed by atoms with Gasteiger partial charge in [0, 0.05) is 24.5 Å². The van der Waals surface area contributed by atoms with Crippen LogP contribution in [0.4, 0.5) is 0 Å². The summed E-state index contributed by atoms with van der Waals surface area (Å²) in [4.78, 5) is 4.20. The summed E-state index contributed by atoms with van der Waals surface area (Å²) in [5, 5.41) is 3.41. The number of nitrogens with one attached hydrogen (secondary N) is 1. The minimum absolute atomic E-state index is 0.666. The third-order valence-electron chi connectivity index (χ3n) is 3.62. The van der Waals surface area contributed by atoms with Crippen LogP contribution in [0.25, 0.3) is 0 Å². The molecule has 0 aliphatic carbocycles. The van der Waals surface area contributed by atoms with Crippen LogP contribution in [-0.4, -0.2) is 18.1 Å². The second-order valence-corrected chi connectivity index (χ2v) is 5.39. The minimum atomic E-state index is 0.666. The molecule has 20 heavy (non-hydrogen) atoms. The molecule has 0 saturated carbocycles. The van der Waals surface area contributed by atoms with Gasteiger partial charge in [-0.3, -0.25) is 4.98 Å². The van der Waals surface area contributed by atoms with Gasteiger partial charge in [0.2, 0.25) is 0 Å². The van der Waals surface area contributed by atoms with Gasteiger partial charge in [-0.2, -0.15) is 0 Å². The van der Waals surface area contributed by atoms with Gasteiger partial charge in [-0.15, -0.1) is 0 Å². The smallest absolute Gasteiger partial charge is 0.126 e. The van der Waals surface area contributed by atoms with E-state index in [4.69, 9.17) is 4.74 Å². The molecule has 3 nitrogen and oxygen atoms in total. The van der Waals surface area contributed by atoms with Crippen LogP contribution in [0.2, 0.25) is 0 Å². The molecular weight excluding hydrogens is 248 g/mol. The summed E-state index contributed by atoms with van der Waals surface area (Å²) in [6.07, 6.45) is 9.87. The molecule has 1 aromatic rings. The number of unbranched alkanes of at least 4 members (excludes halogenated alkanes) is 1. The van der Waals surface area contributed by atoms with Crippen LogP contribution in [0.3, 0.4) is 0 Å². The zero-order valence-electron chi connectivity index (χ0n) is 13.3. The van der Waals surface area contributed by atoms with Crippen LogP contribution in [0.1, 0.15) is 58.4 Å². The fourth-order valence-corrected chi connectivity index (χ4v) is 2.19. The number of nitrogens with zero attached hydrogens (tertiary/aromatic N) is 1. The van der Waals surface area contributed by atoms with E-state index in [0.29, 0.717) is 5.92 Å². The van der Waals surface area contributed by atoms with Crippen LogP contribution < -0.4 is 10.1 Å². The van der Waals surface area contributed by atoms with Crippen molar-refractivity contribution in [2.45, 2.75) is 59.4 Å². The number of ether oxygens (including phenoxy) is 1. The first-order chi connectivity index (χ1) is 9.81. The average Bonchev–Trinajstić information content (AvgIpc) is 2.49. The van der Waals surface area contributed by atoms with Crippen molar-refractivity contribution in [2.75, 3.05) is 13.2 Å². The lowest BCUT2D eigenvalue weighted by atomic mass is 10.0. The first-order valence-corrected chi connectivity index (χ1v) is 8.08. The molecule has 1 N–H and O–H groups in total. The number of hydrogen-bond acceptors (Lipinski definition) is 3. The van der Waals surface area contributed by atoms with Crippen molar-refractivity contribution < 1.29 is 4.74 Å². The van der Waals surface area contributed by atoms with E-state index >= 15 is 0 Å². The molecule has 0 saturated heterocycles. The quantitative estimate of drug-likeness (QED) is 0.617. The van der Waals surface area contributed by atoms with E-state index in [1.165, 1.54) is 25.7 Å². The highest BCUT2D eigenvalue weighted by Gasteiger charge is 2.09. The molecular formula is C17H30N2O. The summed E-state index contributed by atoms with van der Waals surface area (Å²) in [6.45, 7) is 9.35. The summed E-state index contributed by atoms with van der Waals surface area (Å²) in [7, 11) is 0. The van der Waals surface area contributed by atoms with Crippen LogP contribution in [0, 0.1) is 5.92 Å². The van der Waals surface area contributed by atoms with Gasteiger partial charge in [0.25, 0.3) is 0 Å². The predicted octanol–water partition coefficient (Wildman–Crippen LogP) is 4.18. The largest absolute Gasteiger partial charge is 0.493 e. The molecule has 0 amide bonds. The van der Waals surface area contributed by atoms with Crippen LogP contribution >= 0.6 is 0 Å². The molecule has 0 spiro atoms. The van der Waals surface area contributed by atoms with Crippen molar-refractivity contribution in [3.8, 4) is 5.75 Å². The van der Waals surface area contributed by atoms with Gasteiger partial charge < -0.3 is 10.1 Å². The molecule has 0 aliphatic heterocycles. The molecule has 1 unspecified atom stereocenters. The Balaban J connectivity index is 2.48. The van der Waals surface area contributed by atoms with Gasteiger partial charge in [0.15, 0.2) is 0 Å². The van der Waals surface area contributed by atoms with Crippen molar-refractivity contribution in [1.82, 2.24) is 10.3 Å². The summed E-state index contributed by atoms with van der Waals surface area (Å²) >= 11 is 0. The Morgan fingerprint density at radius 2 is 2.10 bits per heavy atom. The Hall–Kier alpha value is -1.09. The standard InChI is InChI=1S/C17H30N2O/c1-4-7-8-15(6-3)14-20-17-9-11-19-13-16(17)12-18-10-5-2/h9,11,13,15,18H,4-8,10,12,14H2,1-3H3. The van der Waals surface area contributed by atoms with Crippen molar-refractivity contribution >= 4 is 0 Å². The van der Waals surface area contributed by atoms with E-state index in [1.807, 2.05) is 18.5 Å². The van der Waals surface area contributed by atoms with Crippen molar-refractivity contribution in [1.29, 1.82) is 0 Å². The first-order valence-electron chi connectivity index (χ1n) is 8.08. The Morgan fingerprint density at radius 3 is 2.80 bits per heavy atom. The van der Waals surface area contributed by atoms with E-state index in [0.717, 1.165) is 37.4 Å². The second kappa shape index (κ2) is 10.7. The number of aromatic nitrogens is 1. The topological polar surface area (TPSA) is 34.1 Å². The van der Waals surface area contributed by atoms with Gasteiger partial charge in [-0.05, 0) is 31.4 Å². The summed E-state index contributed by atoms with van der Waals surface area (Å²) < 4.78 is 6.04. The maximum absolute atomic E-state index is 6.04. The molecule has 1 heterocycles. The van der Waals surface area contributed by atoms with E-state index in [1.54, 1.807) is 0 Å². The number of pyridine rings is 1. The van der Waals surface area contributed by atoms with Crippen LogP contribution in [-0.2, 0) is 6.54 Å². The van der Waals surface area contributed by atoms with E-state index in [2.05, 4.69) is 31.1 Å². The minimum Gasteiger partial charge on any atom is -0.493 e. The number of hydrogen-bond donors (Lipinski definition) is 1. The second-order valence-electron chi connectivity index (χ2n) is 5.39. The molecule has 0 aliphatic rings. The highest BCUT2D eigenvalue weighted by molar-refractivity contribution is 5.29. The van der Waals surface area contributed by atoms with E-state index in [-0.39, 0.29) is 0 Å². The zero-order chi connectivity index (χ0) is 14.6. The molecule has 1 atom stereocenters. The Morgan fingerprint density at radius 1 is 1.25 bits per heavy atom. The molecule has 1 rings (SSSR count). The summed E-state index contributed by atoms with van der Waals surface area (Å²) in [5.74, 6) is 1.65. The third-order valence-corrected chi connectivity index (χ3v) is 3.62. The summed E-state index contributed by atoms with van der Waals surface area (Å²) in [6, 6.07) is 1.98. The molecule has 0 fully saturated rings. The third kappa shape index (κ3) is 6.38. The maximum atomic E-state index is 6.04. The van der Waals surface area contributed by atoms with Gasteiger partial charge in [-0.1, -0.05) is 40.0 Å². The lowest BCUT2D eigenvalue weighted by Gasteiger charge is -2.17. The first kappa shape index (κ1) is 17.0. The maximum Gasteiger partial charge on any atom is 0.126 e. The lowest BCUT2D eigenvalue weighted by molar-refractivity contribution is 0.231. The Labute approximate surface area is 124 Å². The normalized spacial score (nSPS) is 12.3. The molecule has 0 bridgehead atoms. The molecule has 3 heteroatoms. The Kier molecular flexibility index (Phi) is 9.05. The molecule has 1 aromatic heterocycles. The zero-order valence-corrected chi connectivity index (χ0v) is 13.3. The van der Waals surface area contributed by atoms with Crippen LogP contribution in [0.15, 0.2) is 18.5 Å². The predicted molar refractivity (Wildman–Crippen MR) is 85.0 cm³/mol. The van der Waals surface area contributed by atoms with E-state index in [9.17, 15) is 0 Å². The van der Waals surface area contributed by atoms with Gasteiger partial charge in [0.1, 0.15) is 5.75 Å². The van der Waals surface area contributed by atoms with Gasteiger partial charge in [0.05, 0.1) is 6.61 Å². The fourth-order valence-electron chi connectivity index (χ4n) is 2.19. The monoisotopic (exact) mass is 278 g/mol. The van der Waals surface area contributed by atoms with E-state index < -0.39 is 0 Å². The van der Waals surface area contributed by atoms with Gasteiger partial charge >= 0.3 is 0 Å². The average molecular weight is 278 g/mol. The number of rotatable bonds is 11. The van der Waals surface area contributed by atoms with Crippen molar-refractivity contribution in [3.05, 3.63) is 24.0 Å². The Bertz CT molecular complexity index is 355. The summed E-state index contributed by atoms with van der Waals surface area (Å²) in [5.41, 5.74) is 1.16. The van der Waals surface area contributed by atoms with Crippen molar-refractivity contribution in [3.63, 3.8) is 0 Å². The fraction of sp³-hybridized carbons (Fsp3) is 0.706. The molecule has 114 valence electrons. The van der Waals surface area contributed by atoms with Crippen LogP contribution in [0.5, 0.6) is 5.75 Å². The van der Waals surface area contributed by atoms with Gasteiger partial charge in [-0.25, -0.2) is 0 Å². The highest BCUT2D eigenvalue weighted by Crippen LogP contribution is 2.20. The lowest BCUT2D eigenvalue weighted by Crippen LogP contribution is -2.16.